The van der Waals surface area contributed by atoms with E-state index >= 15 is 0 Å². The van der Waals surface area contributed by atoms with Gasteiger partial charge in [0.25, 0.3) is 0 Å². The molecular weight excluding hydrogens is 606 g/mol. The van der Waals surface area contributed by atoms with Crippen LogP contribution in [0.15, 0.2) is 17.0 Å². The van der Waals surface area contributed by atoms with Crippen molar-refractivity contribution in [2.75, 3.05) is 19.3 Å². The van der Waals surface area contributed by atoms with E-state index in [4.69, 9.17) is 20.7 Å². The van der Waals surface area contributed by atoms with Gasteiger partial charge >= 0.3 is 11.9 Å². The number of rotatable bonds is 11. The predicted molar refractivity (Wildman–Crippen MR) is 153 cm³/mol. The number of carboxylic acids is 2. The normalized spacial score (nSPS) is 26.2. The molecule has 17 nitrogen and oxygen atoms in total. The van der Waals surface area contributed by atoms with Gasteiger partial charge in [-0.3, -0.25) is 28.2 Å². The molecule has 2 rings (SSSR count). The van der Waals surface area contributed by atoms with Crippen LogP contribution in [-0.4, -0.2) is 115 Å². The van der Waals surface area contributed by atoms with Gasteiger partial charge < -0.3 is 57.3 Å². The second-order valence-electron chi connectivity index (χ2n) is 10.5. The number of hydrogen-bond donors (Lipinski definition) is 10. The van der Waals surface area contributed by atoms with E-state index in [2.05, 4.69) is 21.3 Å². The molecule has 1 aromatic carbocycles. The highest BCUT2D eigenvalue weighted by molar-refractivity contribution is 7.85. The van der Waals surface area contributed by atoms with E-state index in [-0.39, 0.29) is 22.6 Å². The van der Waals surface area contributed by atoms with Crippen LogP contribution < -0.4 is 31.7 Å². The SMILES string of the molecule is CC[C@@]1(C)Oc2cc(c([S@](=O)C[C@@H](O)C[C@H](N)C(=O)O)cc2O)[C@@H](O)[C@H](NC)C(=O)N[C@@H](C)C(=O)N[C@@H]1C(=O)NCC(=O)O. The average Bonchev–Trinajstić information content (AvgIpc) is 2.94. The lowest BCUT2D eigenvalue weighted by molar-refractivity contribution is -0.140. The maximum absolute atomic E-state index is 13.4. The van der Waals surface area contributed by atoms with Crippen molar-refractivity contribution in [2.45, 2.75) is 80.5 Å². The summed E-state index contributed by atoms with van der Waals surface area (Å²) in [5.41, 5.74) is 3.59. The van der Waals surface area contributed by atoms with Crippen LogP contribution >= 0.6 is 0 Å². The Hall–Kier alpha value is -3.84. The number of nitrogens with one attached hydrogen (secondary N) is 4. The number of amides is 3. The number of aliphatic carboxylic acids is 2. The first-order valence-electron chi connectivity index (χ1n) is 13.5. The van der Waals surface area contributed by atoms with Crippen molar-refractivity contribution in [1.29, 1.82) is 0 Å². The van der Waals surface area contributed by atoms with Crippen LogP contribution in [0.4, 0.5) is 0 Å². The molecule has 11 N–H and O–H groups in total. The molecule has 18 heteroatoms. The van der Waals surface area contributed by atoms with Gasteiger partial charge in [0.15, 0.2) is 11.5 Å². The molecule has 0 spiro atoms. The Kier molecular flexibility index (Phi) is 12.6. The van der Waals surface area contributed by atoms with E-state index in [9.17, 15) is 43.5 Å². The number of phenols is 1. The Morgan fingerprint density at radius 1 is 1.18 bits per heavy atom. The summed E-state index contributed by atoms with van der Waals surface area (Å²) in [6.45, 7) is 3.51. The first-order chi connectivity index (χ1) is 20.4. The Morgan fingerprint density at radius 2 is 1.82 bits per heavy atom. The molecule has 1 aliphatic rings. The van der Waals surface area contributed by atoms with Crippen molar-refractivity contribution in [3.05, 3.63) is 17.7 Å². The number of ether oxygens (including phenoxy) is 1. The van der Waals surface area contributed by atoms with Gasteiger partial charge in [0.2, 0.25) is 17.7 Å². The van der Waals surface area contributed by atoms with Crippen molar-refractivity contribution in [1.82, 2.24) is 21.3 Å². The minimum absolute atomic E-state index is 0.000642. The summed E-state index contributed by atoms with van der Waals surface area (Å²) in [4.78, 5) is 61.3. The fourth-order valence-corrected chi connectivity index (χ4v) is 5.75. The molecular formula is C26H39N5O12S. The lowest BCUT2D eigenvalue weighted by atomic mass is 9.91. The molecule has 0 saturated carbocycles. The largest absolute Gasteiger partial charge is 0.504 e. The number of hydrogen-bond acceptors (Lipinski definition) is 12. The van der Waals surface area contributed by atoms with Gasteiger partial charge in [0.05, 0.1) is 22.7 Å². The monoisotopic (exact) mass is 645 g/mol. The zero-order chi connectivity index (χ0) is 33.5. The Labute approximate surface area is 255 Å². The van der Waals surface area contributed by atoms with Crippen molar-refractivity contribution in [3.8, 4) is 11.5 Å². The molecule has 8 atom stereocenters. The number of aliphatic hydroxyl groups is 2. The molecule has 44 heavy (non-hydrogen) atoms. The van der Waals surface area contributed by atoms with E-state index in [1.807, 2.05) is 0 Å². The molecule has 0 aromatic heterocycles. The van der Waals surface area contributed by atoms with E-state index in [1.54, 1.807) is 6.92 Å². The third kappa shape index (κ3) is 8.85. The summed E-state index contributed by atoms with van der Waals surface area (Å²) >= 11 is 0. The van der Waals surface area contributed by atoms with Gasteiger partial charge in [-0.15, -0.1) is 0 Å². The zero-order valence-electron chi connectivity index (χ0n) is 24.5. The average molecular weight is 646 g/mol. The van der Waals surface area contributed by atoms with Gasteiger partial charge in [0.1, 0.15) is 42.4 Å². The predicted octanol–water partition coefficient (Wildman–Crippen LogP) is -2.96. The number of likely N-dealkylation sites (N-methyl/N-ethyl adjacent to an activating group) is 1. The van der Waals surface area contributed by atoms with Crippen molar-refractivity contribution in [2.24, 2.45) is 5.73 Å². The second kappa shape index (κ2) is 15.2. The number of fused-ring (bicyclic) bond motifs is 2. The molecule has 246 valence electrons. The summed E-state index contributed by atoms with van der Waals surface area (Å²) in [7, 11) is -0.866. The molecule has 1 aliphatic heterocycles. The van der Waals surface area contributed by atoms with Crippen LogP contribution in [-0.2, 0) is 34.8 Å². The van der Waals surface area contributed by atoms with E-state index in [0.717, 1.165) is 12.1 Å². The van der Waals surface area contributed by atoms with E-state index in [0.29, 0.717) is 0 Å². The minimum Gasteiger partial charge on any atom is -0.504 e. The highest BCUT2D eigenvalue weighted by atomic mass is 32.2. The van der Waals surface area contributed by atoms with Crippen LogP contribution in [0, 0.1) is 0 Å². The highest BCUT2D eigenvalue weighted by Crippen LogP contribution is 2.39. The van der Waals surface area contributed by atoms with Gasteiger partial charge in [-0.05, 0) is 33.4 Å². The van der Waals surface area contributed by atoms with E-state index in [1.165, 1.54) is 20.9 Å². The van der Waals surface area contributed by atoms with Crippen molar-refractivity contribution in [3.63, 3.8) is 0 Å². The first-order valence-corrected chi connectivity index (χ1v) is 14.8. The van der Waals surface area contributed by atoms with Crippen LogP contribution in [0.3, 0.4) is 0 Å². The number of aromatic hydroxyl groups is 1. The van der Waals surface area contributed by atoms with Gasteiger partial charge in [-0.1, -0.05) is 6.92 Å². The number of phenolic OH excluding ortho intramolecular Hbond substituents is 1. The highest BCUT2D eigenvalue weighted by Gasteiger charge is 2.44. The fraction of sp³-hybridized carbons (Fsp3) is 0.577. The molecule has 0 aliphatic carbocycles. The standard InChI is InChI=1S/C26H39N5O12S/c1-5-26(3)21(24(39)29-9-18(34)35)31-22(37)11(2)30-23(38)19(28-4)20(36)13-7-16(43-26)15(33)8-17(13)44(42)10-12(32)6-14(27)25(40)41/h7-8,11-12,14,19-21,28,32-33,36H,5-6,9-10,27H2,1-4H3,(H,29,39)(H,30,38)(H,31,37)(H,34,35)(H,40,41)/t11-,12-,14-,19-,20+,21+,26+,44+/m0/s1. The quantitative estimate of drug-likeness (QED) is 0.115. The summed E-state index contributed by atoms with van der Waals surface area (Å²) in [6, 6.07) is -3.70. The number of carbonyl (C=O) groups excluding carboxylic acids is 3. The maximum Gasteiger partial charge on any atom is 0.322 e. The zero-order valence-corrected chi connectivity index (χ0v) is 25.3. The second-order valence-corrected chi connectivity index (χ2v) is 11.9. The van der Waals surface area contributed by atoms with E-state index < -0.39 is 107 Å². The Morgan fingerprint density at radius 3 is 2.36 bits per heavy atom. The molecule has 0 radical (unpaired) electrons. The summed E-state index contributed by atoms with van der Waals surface area (Å²) < 4.78 is 19.5. The van der Waals surface area contributed by atoms with Gasteiger partial charge in [-0.25, -0.2) is 0 Å². The van der Waals surface area contributed by atoms with Gasteiger partial charge in [-0.2, -0.15) is 0 Å². The van der Waals surface area contributed by atoms with Crippen LogP contribution in [0.1, 0.15) is 45.3 Å². The molecule has 3 amide bonds. The van der Waals surface area contributed by atoms with Crippen molar-refractivity contribution >= 4 is 40.5 Å². The lowest BCUT2D eigenvalue weighted by Crippen LogP contribution is -2.64. The van der Waals surface area contributed by atoms with Crippen LogP contribution in [0.25, 0.3) is 0 Å². The van der Waals surface area contributed by atoms with Crippen molar-refractivity contribution < 1.29 is 58.5 Å². The Bertz CT molecular complexity index is 1300. The third-order valence-corrected chi connectivity index (χ3v) is 8.65. The minimum atomic E-state index is -2.20. The number of carboxylic acid groups (broad SMARTS) is 2. The smallest absolute Gasteiger partial charge is 0.322 e. The molecule has 0 fully saturated rings. The number of carbonyl (C=O) groups is 5. The topological polar surface area (TPSA) is 287 Å². The molecule has 0 saturated heterocycles. The number of aliphatic hydroxyl groups excluding tert-OH is 2. The summed E-state index contributed by atoms with van der Waals surface area (Å²) in [5, 5.41) is 60.3. The molecule has 0 unspecified atom stereocenters. The number of nitrogens with two attached hydrogens (primary N) is 1. The fourth-order valence-electron chi connectivity index (χ4n) is 4.40. The van der Waals surface area contributed by atoms with Crippen LogP contribution in [0.2, 0.25) is 0 Å². The van der Waals surface area contributed by atoms with Crippen LogP contribution in [0.5, 0.6) is 11.5 Å². The summed E-state index contributed by atoms with van der Waals surface area (Å²) in [5.74, 6) is -6.97. The molecule has 1 heterocycles. The molecule has 2 bridgehead atoms. The maximum atomic E-state index is 13.4. The molecule has 1 aromatic rings. The van der Waals surface area contributed by atoms with Gasteiger partial charge in [0, 0.05) is 22.9 Å². The first kappa shape index (κ1) is 36.4. The number of benzene rings is 1. The Balaban J connectivity index is 2.71. The third-order valence-electron chi connectivity index (χ3n) is 7.12. The summed E-state index contributed by atoms with van der Waals surface area (Å²) in [6.07, 6.45) is -3.70. The lowest BCUT2D eigenvalue weighted by Gasteiger charge is -2.37.